The standard InChI is InChI=1S/C16H28N2O/c1-11(2)15-9-14(10-18-7-6-13(4)17)12(3)8-16(15)19-5/h8-9,11,13,18H,6-7,10,17H2,1-5H3. The third-order valence-electron chi connectivity index (χ3n) is 3.40. The minimum absolute atomic E-state index is 0.260. The highest BCUT2D eigenvalue weighted by atomic mass is 16.5. The highest BCUT2D eigenvalue weighted by Gasteiger charge is 2.10. The molecule has 0 saturated heterocycles. The Kier molecular flexibility index (Phi) is 6.32. The van der Waals surface area contributed by atoms with Gasteiger partial charge in [-0.25, -0.2) is 0 Å². The summed E-state index contributed by atoms with van der Waals surface area (Å²) >= 11 is 0. The smallest absolute Gasteiger partial charge is 0.122 e. The van der Waals surface area contributed by atoms with Crippen molar-refractivity contribution in [2.24, 2.45) is 5.73 Å². The Morgan fingerprint density at radius 3 is 2.47 bits per heavy atom. The SMILES string of the molecule is COc1cc(C)c(CNCCC(C)N)cc1C(C)C. The average Bonchev–Trinajstić information content (AvgIpc) is 2.34. The van der Waals surface area contributed by atoms with Crippen LogP contribution in [0.15, 0.2) is 12.1 Å². The van der Waals surface area contributed by atoms with Crippen molar-refractivity contribution in [3.63, 3.8) is 0 Å². The van der Waals surface area contributed by atoms with Crippen molar-refractivity contribution in [2.45, 2.75) is 52.6 Å². The van der Waals surface area contributed by atoms with E-state index in [1.807, 2.05) is 6.92 Å². The van der Waals surface area contributed by atoms with Crippen LogP contribution in [-0.2, 0) is 6.54 Å². The van der Waals surface area contributed by atoms with Crippen molar-refractivity contribution in [3.8, 4) is 5.75 Å². The first kappa shape index (κ1) is 16.0. The molecular weight excluding hydrogens is 236 g/mol. The van der Waals surface area contributed by atoms with E-state index in [4.69, 9.17) is 10.5 Å². The number of methoxy groups -OCH3 is 1. The number of nitrogens with two attached hydrogens (primary N) is 1. The first-order valence-electron chi connectivity index (χ1n) is 7.09. The van der Waals surface area contributed by atoms with Crippen LogP contribution in [0, 0.1) is 6.92 Å². The molecule has 1 aromatic rings. The molecule has 0 heterocycles. The summed E-state index contributed by atoms with van der Waals surface area (Å²) in [6.45, 7) is 10.4. The number of rotatable bonds is 7. The summed E-state index contributed by atoms with van der Waals surface area (Å²) < 4.78 is 5.46. The van der Waals surface area contributed by atoms with Crippen LogP contribution in [-0.4, -0.2) is 19.7 Å². The van der Waals surface area contributed by atoms with Crippen molar-refractivity contribution in [1.29, 1.82) is 0 Å². The van der Waals surface area contributed by atoms with Crippen molar-refractivity contribution >= 4 is 0 Å². The fourth-order valence-electron chi connectivity index (χ4n) is 2.12. The molecule has 1 unspecified atom stereocenters. The minimum atomic E-state index is 0.260. The summed E-state index contributed by atoms with van der Waals surface area (Å²) in [4.78, 5) is 0. The van der Waals surface area contributed by atoms with Crippen LogP contribution < -0.4 is 15.8 Å². The quantitative estimate of drug-likeness (QED) is 0.744. The Hall–Kier alpha value is -1.06. The third kappa shape index (κ3) is 4.84. The number of ether oxygens (including phenoxy) is 1. The van der Waals surface area contributed by atoms with Gasteiger partial charge >= 0.3 is 0 Å². The topological polar surface area (TPSA) is 47.3 Å². The molecule has 0 aliphatic rings. The van der Waals surface area contributed by atoms with Crippen molar-refractivity contribution in [2.75, 3.05) is 13.7 Å². The van der Waals surface area contributed by atoms with Gasteiger partial charge in [-0.1, -0.05) is 19.9 Å². The molecule has 0 amide bonds. The monoisotopic (exact) mass is 264 g/mol. The molecule has 1 atom stereocenters. The van der Waals surface area contributed by atoms with Gasteiger partial charge in [0.15, 0.2) is 0 Å². The van der Waals surface area contributed by atoms with E-state index < -0.39 is 0 Å². The summed E-state index contributed by atoms with van der Waals surface area (Å²) in [5, 5.41) is 3.46. The summed E-state index contributed by atoms with van der Waals surface area (Å²) in [5.41, 5.74) is 9.64. The third-order valence-corrected chi connectivity index (χ3v) is 3.40. The second-order valence-corrected chi connectivity index (χ2v) is 5.62. The average molecular weight is 264 g/mol. The highest BCUT2D eigenvalue weighted by Crippen LogP contribution is 2.29. The summed E-state index contributed by atoms with van der Waals surface area (Å²) in [6, 6.07) is 4.66. The lowest BCUT2D eigenvalue weighted by Crippen LogP contribution is -2.24. The summed E-state index contributed by atoms with van der Waals surface area (Å²) in [6.07, 6.45) is 1.01. The molecule has 0 aromatic heterocycles. The highest BCUT2D eigenvalue weighted by molar-refractivity contribution is 5.43. The fourth-order valence-corrected chi connectivity index (χ4v) is 2.12. The number of hydrogen-bond donors (Lipinski definition) is 2. The Labute approximate surface area is 117 Å². The maximum absolute atomic E-state index is 5.75. The molecule has 3 heteroatoms. The van der Waals surface area contributed by atoms with E-state index in [-0.39, 0.29) is 6.04 Å². The van der Waals surface area contributed by atoms with Gasteiger partial charge in [0.25, 0.3) is 0 Å². The van der Waals surface area contributed by atoms with E-state index in [0.717, 1.165) is 25.3 Å². The molecule has 1 rings (SSSR count). The molecule has 0 aliphatic carbocycles. The normalized spacial score (nSPS) is 12.8. The molecular formula is C16H28N2O. The van der Waals surface area contributed by atoms with Gasteiger partial charge in [0, 0.05) is 12.6 Å². The van der Waals surface area contributed by atoms with E-state index >= 15 is 0 Å². The van der Waals surface area contributed by atoms with Crippen LogP contribution in [0.3, 0.4) is 0 Å². The molecule has 0 bridgehead atoms. The van der Waals surface area contributed by atoms with Gasteiger partial charge < -0.3 is 15.8 Å². The molecule has 0 spiro atoms. The van der Waals surface area contributed by atoms with Gasteiger partial charge in [-0.05, 0) is 55.5 Å². The zero-order valence-electron chi connectivity index (χ0n) is 12.9. The van der Waals surface area contributed by atoms with Crippen LogP contribution in [0.4, 0.5) is 0 Å². The Morgan fingerprint density at radius 1 is 1.26 bits per heavy atom. The molecule has 108 valence electrons. The van der Waals surface area contributed by atoms with E-state index in [1.165, 1.54) is 16.7 Å². The lowest BCUT2D eigenvalue weighted by Gasteiger charge is -2.16. The maximum atomic E-state index is 5.75. The predicted octanol–water partition coefficient (Wildman–Crippen LogP) is 2.95. The van der Waals surface area contributed by atoms with Crippen molar-refractivity contribution in [3.05, 3.63) is 28.8 Å². The van der Waals surface area contributed by atoms with Crippen molar-refractivity contribution < 1.29 is 4.74 Å². The Morgan fingerprint density at radius 2 is 1.95 bits per heavy atom. The molecule has 3 nitrogen and oxygen atoms in total. The summed E-state index contributed by atoms with van der Waals surface area (Å²) in [7, 11) is 1.74. The van der Waals surface area contributed by atoms with E-state index in [0.29, 0.717) is 5.92 Å². The zero-order valence-corrected chi connectivity index (χ0v) is 12.9. The molecule has 1 aromatic carbocycles. The first-order valence-corrected chi connectivity index (χ1v) is 7.09. The maximum Gasteiger partial charge on any atom is 0.122 e. The first-order chi connectivity index (χ1) is 8.95. The van der Waals surface area contributed by atoms with Crippen LogP contribution in [0.5, 0.6) is 5.75 Å². The molecule has 0 radical (unpaired) electrons. The second kappa shape index (κ2) is 7.51. The van der Waals surface area contributed by atoms with Crippen LogP contribution in [0.25, 0.3) is 0 Å². The van der Waals surface area contributed by atoms with E-state index in [9.17, 15) is 0 Å². The Balaban J connectivity index is 2.75. The van der Waals surface area contributed by atoms with Gasteiger partial charge in [0.1, 0.15) is 5.75 Å². The Bertz CT molecular complexity index is 400. The van der Waals surface area contributed by atoms with Gasteiger partial charge in [-0.2, -0.15) is 0 Å². The number of hydrogen-bond acceptors (Lipinski definition) is 3. The lowest BCUT2D eigenvalue weighted by atomic mass is 9.96. The van der Waals surface area contributed by atoms with Crippen LogP contribution in [0.2, 0.25) is 0 Å². The van der Waals surface area contributed by atoms with Gasteiger partial charge in [-0.15, -0.1) is 0 Å². The molecule has 0 saturated carbocycles. The van der Waals surface area contributed by atoms with Gasteiger partial charge in [-0.3, -0.25) is 0 Å². The fraction of sp³-hybridized carbons (Fsp3) is 0.625. The minimum Gasteiger partial charge on any atom is -0.496 e. The lowest BCUT2D eigenvalue weighted by molar-refractivity contribution is 0.407. The van der Waals surface area contributed by atoms with Crippen LogP contribution in [0.1, 0.15) is 49.8 Å². The number of aryl methyl sites for hydroxylation is 1. The van der Waals surface area contributed by atoms with Gasteiger partial charge in [0.05, 0.1) is 7.11 Å². The predicted molar refractivity (Wildman–Crippen MR) is 81.8 cm³/mol. The molecule has 0 aliphatic heterocycles. The zero-order chi connectivity index (χ0) is 14.4. The number of nitrogens with one attached hydrogen (secondary N) is 1. The van der Waals surface area contributed by atoms with E-state index in [2.05, 4.69) is 38.2 Å². The molecule has 0 fully saturated rings. The largest absolute Gasteiger partial charge is 0.496 e. The second-order valence-electron chi connectivity index (χ2n) is 5.62. The number of benzene rings is 1. The summed E-state index contributed by atoms with van der Waals surface area (Å²) in [5.74, 6) is 1.46. The van der Waals surface area contributed by atoms with Crippen molar-refractivity contribution in [1.82, 2.24) is 5.32 Å². The van der Waals surface area contributed by atoms with E-state index in [1.54, 1.807) is 7.11 Å². The molecule has 19 heavy (non-hydrogen) atoms. The van der Waals surface area contributed by atoms with Gasteiger partial charge in [0.2, 0.25) is 0 Å². The molecule has 3 N–H and O–H groups in total. The van der Waals surface area contributed by atoms with Crippen LogP contribution >= 0.6 is 0 Å².